The first-order valence-electron chi connectivity index (χ1n) is 11.8. The van der Waals surface area contributed by atoms with E-state index >= 15 is 0 Å². The maximum Gasteiger partial charge on any atom is 0.252 e. The molecule has 0 spiro atoms. The third-order valence-corrected chi connectivity index (χ3v) is 6.44. The average molecular weight is 507 g/mol. The number of nitrogens with one attached hydrogen (secondary N) is 3. The maximum atomic E-state index is 13.8. The molecular weight excluding hydrogens is 472 g/mol. The highest BCUT2D eigenvalue weighted by Crippen LogP contribution is 2.33. The third kappa shape index (κ3) is 6.81. The molecular formula is C25H35ClN4O5. The Balaban J connectivity index is 2.30. The molecule has 0 saturated carbocycles. The first-order chi connectivity index (χ1) is 16.3. The molecule has 1 aromatic carbocycles. The highest BCUT2D eigenvalue weighted by Gasteiger charge is 2.47. The molecule has 4 atom stereocenters. The Hall–Kier alpha value is -2.94. The van der Waals surface area contributed by atoms with Crippen LogP contribution in [0.2, 0.25) is 5.02 Å². The van der Waals surface area contributed by atoms with E-state index in [1.807, 2.05) is 34.6 Å². The molecule has 9 nitrogen and oxygen atoms in total. The van der Waals surface area contributed by atoms with E-state index in [1.54, 1.807) is 6.92 Å². The molecule has 192 valence electrons. The molecule has 0 bridgehead atoms. The molecule has 0 aromatic heterocycles. The van der Waals surface area contributed by atoms with E-state index in [1.165, 1.54) is 23.1 Å². The zero-order valence-corrected chi connectivity index (χ0v) is 21.9. The van der Waals surface area contributed by atoms with Gasteiger partial charge in [0, 0.05) is 18.0 Å². The van der Waals surface area contributed by atoms with Gasteiger partial charge in [-0.1, -0.05) is 46.2 Å². The minimum absolute atomic E-state index is 0.110. The van der Waals surface area contributed by atoms with Crippen LogP contribution in [0.1, 0.15) is 64.7 Å². The lowest BCUT2D eigenvalue weighted by molar-refractivity contribution is -0.144. The van der Waals surface area contributed by atoms with Gasteiger partial charge in [0.15, 0.2) is 0 Å². The van der Waals surface area contributed by atoms with Crippen molar-refractivity contribution in [3.63, 3.8) is 0 Å². The van der Waals surface area contributed by atoms with E-state index in [2.05, 4.69) is 16.0 Å². The van der Waals surface area contributed by atoms with Gasteiger partial charge in [0.05, 0.1) is 17.3 Å². The number of amides is 4. The van der Waals surface area contributed by atoms with Gasteiger partial charge < -0.3 is 25.6 Å². The number of rotatable bonds is 8. The van der Waals surface area contributed by atoms with Crippen molar-refractivity contribution in [2.24, 2.45) is 11.3 Å². The first-order valence-corrected chi connectivity index (χ1v) is 12.1. The lowest BCUT2D eigenvalue weighted by Gasteiger charge is -2.37. The number of benzene rings is 1. The zero-order chi connectivity index (χ0) is 26.5. The van der Waals surface area contributed by atoms with E-state index in [-0.39, 0.29) is 47.3 Å². The van der Waals surface area contributed by atoms with Crippen LogP contribution >= 0.6 is 11.6 Å². The summed E-state index contributed by atoms with van der Waals surface area (Å²) in [6.07, 6.45) is 1.50. The first kappa shape index (κ1) is 28.3. The summed E-state index contributed by atoms with van der Waals surface area (Å²) in [5.41, 5.74) is -0.0433. The van der Waals surface area contributed by atoms with Gasteiger partial charge in [0.1, 0.15) is 18.4 Å². The van der Waals surface area contributed by atoms with Crippen LogP contribution in [0, 0.1) is 11.3 Å². The summed E-state index contributed by atoms with van der Waals surface area (Å²) in [6, 6.07) is 2.60. The van der Waals surface area contributed by atoms with Crippen LogP contribution in [0.4, 0.5) is 5.69 Å². The molecule has 4 unspecified atom stereocenters. The van der Waals surface area contributed by atoms with Crippen molar-refractivity contribution < 1.29 is 24.0 Å². The molecule has 2 rings (SSSR count). The number of hydrogen-bond acceptors (Lipinski definition) is 5. The molecule has 35 heavy (non-hydrogen) atoms. The second-order valence-electron chi connectivity index (χ2n) is 10.0. The van der Waals surface area contributed by atoms with Gasteiger partial charge in [-0.25, -0.2) is 0 Å². The molecule has 1 saturated heterocycles. The third-order valence-electron chi connectivity index (χ3n) is 6.12. The Bertz CT molecular complexity index is 991. The van der Waals surface area contributed by atoms with Crippen molar-refractivity contribution in [3.05, 3.63) is 28.8 Å². The van der Waals surface area contributed by atoms with Crippen LogP contribution in [0.15, 0.2) is 18.2 Å². The second kappa shape index (κ2) is 11.7. The maximum absolute atomic E-state index is 13.8. The van der Waals surface area contributed by atoms with E-state index in [4.69, 9.17) is 11.6 Å². The predicted octanol–water partition coefficient (Wildman–Crippen LogP) is 2.77. The van der Waals surface area contributed by atoms with Crippen molar-refractivity contribution >= 4 is 47.2 Å². The smallest absolute Gasteiger partial charge is 0.252 e. The summed E-state index contributed by atoms with van der Waals surface area (Å²) in [4.78, 5) is 63.6. The number of likely N-dealkylation sites (tertiary alicyclic amines) is 1. The molecule has 10 heteroatoms. The van der Waals surface area contributed by atoms with Crippen LogP contribution < -0.4 is 16.0 Å². The minimum Gasteiger partial charge on any atom is -0.348 e. The van der Waals surface area contributed by atoms with Gasteiger partial charge in [-0.05, 0) is 42.9 Å². The summed E-state index contributed by atoms with van der Waals surface area (Å²) in [7, 11) is 0. The van der Waals surface area contributed by atoms with Crippen LogP contribution in [0.5, 0.6) is 0 Å². The van der Waals surface area contributed by atoms with E-state index in [0.29, 0.717) is 18.4 Å². The van der Waals surface area contributed by atoms with Crippen molar-refractivity contribution in [1.29, 1.82) is 0 Å². The molecule has 0 radical (unpaired) electrons. The van der Waals surface area contributed by atoms with Crippen molar-refractivity contribution in [1.82, 2.24) is 15.5 Å². The number of hydrogen-bond donors (Lipinski definition) is 3. The number of carbonyl (C=O) groups is 5. The molecule has 1 aliphatic rings. The second-order valence-corrected chi connectivity index (χ2v) is 10.4. The lowest BCUT2D eigenvalue weighted by Crippen LogP contribution is -2.59. The largest absolute Gasteiger partial charge is 0.348 e. The van der Waals surface area contributed by atoms with Gasteiger partial charge in [0.25, 0.3) is 5.91 Å². The highest BCUT2D eigenvalue weighted by molar-refractivity contribution is 6.34. The molecule has 1 fully saturated rings. The lowest BCUT2D eigenvalue weighted by atomic mass is 9.85. The van der Waals surface area contributed by atoms with Crippen LogP contribution in [-0.2, 0) is 19.2 Å². The Kier molecular flexibility index (Phi) is 9.43. The molecule has 0 aliphatic carbocycles. The summed E-state index contributed by atoms with van der Waals surface area (Å²) in [6.45, 7) is 10.8. The normalized spacial score (nSPS) is 20.7. The number of nitrogens with zero attached hydrogens (tertiary/aromatic N) is 1. The average Bonchev–Trinajstić information content (AvgIpc) is 3.09. The SMILES string of the molecule is CCC(=O)Nc1ccc(C(=O)NC(C(=O)N2C(C)CC(C)C2C(=O)NCC=O)C(C)(C)C)cc1Cl. The Labute approximate surface area is 211 Å². The molecule has 1 aromatic rings. The highest BCUT2D eigenvalue weighted by atomic mass is 35.5. The monoisotopic (exact) mass is 506 g/mol. The predicted molar refractivity (Wildman–Crippen MR) is 134 cm³/mol. The summed E-state index contributed by atoms with van der Waals surface area (Å²) >= 11 is 6.26. The Morgan fingerprint density at radius 3 is 2.40 bits per heavy atom. The summed E-state index contributed by atoms with van der Waals surface area (Å²) < 4.78 is 0. The van der Waals surface area contributed by atoms with E-state index in [0.717, 1.165) is 0 Å². The Morgan fingerprint density at radius 1 is 1.20 bits per heavy atom. The van der Waals surface area contributed by atoms with Crippen molar-refractivity contribution in [2.45, 2.75) is 72.5 Å². The van der Waals surface area contributed by atoms with Crippen LogP contribution in [0.3, 0.4) is 0 Å². The number of halogens is 1. The van der Waals surface area contributed by atoms with Gasteiger partial charge >= 0.3 is 0 Å². The molecule has 3 N–H and O–H groups in total. The van der Waals surface area contributed by atoms with Crippen molar-refractivity contribution in [2.75, 3.05) is 11.9 Å². The van der Waals surface area contributed by atoms with E-state index < -0.39 is 29.3 Å². The number of anilines is 1. The fourth-order valence-electron chi connectivity index (χ4n) is 4.32. The standard InChI is InChI=1S/C25H35ClN4O5/c1-7-19(32)28-18-9-8-16(13-17(18)26)22(33)29-21(25(4,5)6)24(35)30-15(3)12-14(2)20(30)23(34)27-10-11-31/h8-9,11,13-15,20-21H,7,10,12H2,1-6H3,(H,27,34)(H,28,32)(H,29,33). The van der Waals surface area contributed by atoms with Gasteiger partial charge in [-0.15, -0.1) is 0 Å². The van der Waals surface area contributed by atoms with Crippen LogP contribution in [0.25, 0.3) is 0 Å². The van der Waals surface area contributed by atoms with Gasteiger partial charge in [-0.3, -0.25) is 19.2 Å². The molecule has 1 heterocycles. The van der Waals surface area contributed by atoms with Crippen LogP contribution in [-0.4, -0.2) is 59.5 Å². The Morgan fingerprint density at radius 2 is 1.86 bits per heavy atom. The summed E-state index contributed by atoms with van der Waals surface area (Å²) in [5, 5.41) is 8.24. The van der Waals surface area contributed by atoms with Gasteiger partial charge in [-0.2, -0.15) is 0 Å². The number of carbonyl (C=O) groups excluding carboxylic acids is 5. The molecule has 1 aliphatic heterocycles. The fourth-order valence-corrected chi connectivity index (χ4v) is 4.55. The van der Waals surface area contributed by atoms with Gasteiger partial charge in [0.2, 0.25) is 17.7 Å². The molecule has 4 amide bonds. The van der Waals surface area contributed by atoms with E-state index in [9.17, 15) is 24.0 Å². The van der Waals surface area contributed by atoms with Crippen molar-refractivity contribution in [3.8, 4) is 0 Å². The fraction of sp³-hybridized carbons (Fsp3) is 0.560. The quantitative estimate of drug-likeness (QED) is 0.467. The minimum atomic E-state index is -0.928. The number of aldehydes is 1. The summed E-state index contributed by atoms with van der Waals surface area (Å²) in [5.74, 6) is -1.58. The topological polar surface area (TPSA) is 125 Å². The zero-order valence-electron chi connectivity index (χ0n) is 21.1.